The van der Waals surface area contributed by atoms with Crippen LogP contribution >= 0.6 is 16.5 Å². The lowest BCUT2D eigenvalue weighted by atomic mass is 11.3. The quantitative estimate of drug-likeness (QED) is 0.394. The third kappa shape index (κ3) is 4.34. The van der Waals surface area contributed by atoms with E-state index in [1.165, 1.54) is 0 Å². The van der Waals surface area contributed by atoms with Crippen molar-refractivity contribution < 1.29 is 0 Å². The van der Waals surface area contributed by atoms with E-state index in [1.54, 1.807) is 0 Å². The average Bonchev–Trinajstić information content (AvgIpc) is 1.61. The third-order valence-electron chi connectivity index (χ3n) is 0.287. The fourth-order valence-corrected chi connectivity index (χ4v) is 1.06. The minimum atomic E-state index is 0.889. The highest BCUT2D eigenvalue weighted by Gasteiger charge is 1.64. The zero-order chi connectivity index (χ0) is 4.83. The van der Waals surface area contributed by atoms with Crippen LogP contribution in [0, 0.1) is 0 Å². The van der Waals surface area contributed by atoms with E-state index in [0.717, 1.165) is 16.5 Å². The van der Waals surface area contributed by atoms with Gasteiger partial charge in [-0.2, -0.15) is 0 Å². The lowest BCUT2D eigenvalue weighted by Crippen LogP contribution is -1.18. The highest BCUT2D eigenvalue weighted by molar-refractivity contribution is 8.14. The normalized spacial score (nSPS) is 11.3. The van der Waals surface area contributed by atoms with E-state index >= 15 is 0 Å². The molecule has 6 heavy (non-hydrogen) atoms. The van der Waals surface area contributed by atoms with Gasteiger partial charge in [-0.1, -0.05) is 41.3 Å². The summed E-state index contributed by atoms with van der Waals surface area (Å²) in [6.45, 7) is 7.14. The van der Waals surface area contributed by atoms with E-state index in [-0.39, 0.29) is 0 Å². The van der Waals surface area contributed by atoms with Crippen LogP contribution in [0.5, 0.6) is 0 Å². The summed E-state index contributed by atoms with van der Waals surface area (Å²) in [4.78, 5) is 0. The summed E-state index contributed by atoms with van der Waals surface area (Å²) >= 11 is 0. The van der Waals surface area contributed by atoms with Gasteiger partial charge >= 0.3 is 0 Å². The Labute approximate surface area is 42.2 Å². The molecule has 0 spiro atoms. The Morgan fingerprint density at radius 1 is 1.00 bits per heavy atom. The van der Waals surface area contributed by atoms with Crippen LogP contribution in [-0.4, -0.2) is 0 Å². The molecule has 0 aliphatic rings. The molecule has 0 aromatic carbocycles. The molecule has 0 heterocycles. The van der Waals surface area contributed by atoms with Gasteiger partial charge in [0.1, 0.15) is 0 Å². The summed E-state index contributed by atoms with van der Waals surface area (Å²) in [5, 5.41) is 0. The first-order valence-corrected chi connectivity index (χ1v) is 4.80. The molecule has 0 nitrogen and oxygen atoms in total. The molecule has 0 amide bonds. The Morgan fingerprint density at radius 2 is 1.33 bits per heavy atom. The Bertz CT molecular complexity index is 41.5. The fourth-order valence-electron chi connectivity index (χ4n) is 0.118. The van der Waals surface area contributed by atoms with Crippen LogP contribution in [0.3, 0.4) is 0 Å². The summed E-state index contributed by atoms with van der Waals surface area (Å²) < 4.78 is 0. The molecule has 34 valence electrons. The largest absolute Gasteiger partial charge is 0.0985 e. The Kier molecular flexibility index (Phi) is 5.64. The second kappa shape index (κ2) is 5.34. The number of hydrogen-bond donors (Lipinski definition) is 0. The summed E-state index contributed by atoms with van der Waals surface area (Å²) in [7, 11) is 1.78. The van der Waals surface area contributed by atoms with Gasteiger partial charge in [-0.15, -0.1) is 0 Å². The van der Waals surface area contributed by atoms with Crippen molar-refractivity contribution in [3.8, 4) is 0 Å². The zero-order valence-electron chi connectivity index (χ0n) is 3.57. The summed E-state index contributed by atoms with van der Waals surface area (Å²) in [5.41, 5.74) is 0. The van der Waals surface area contributed by atoms with E-state index in [2.05, 4.69) is 13.2 Å². The summed E-state index contributed by atoms with van der Waals surface area (Å²) in [5.74, 6) is 3.86. The minimum Gasteiger partial charge on any atom is -0.0985 e. The molecule has 0 fully saturated rings. The van der Waals surface area contributed by atoms with E-state index < -0.39 is 0 Å². The van der Waals surface area contributed by atoms with Gasteiger partial charge < -0.3 is 0 Å². The Hall–Kier alpha value is 0.340. The lowest BCUT2D eigenvalue weighted by molar-refractivity contribution is 2.64. The van der Waals surface area contributed by atoms with Crippen LogP contribution in [0.25, 0.3) is 0 Å². The van der Waals surface area contributed by atoms with E-state index in [1.807, 2.05) is 11.6 Å². The second-order valence-corrected chi connectivity index (χ2v) is 3.82. The molecular formula is C4H8P2. The van der Waals surface area contributed by atoms with E-state index in [4.69, 9.17) is 0 Å². The Morgan fingerprint density at radius 3 is 1.50 bits per heavy atom. The molecule has 2 heteroatoms. The molecule has 0 aliphatic carbocycles. The molecule has 0 N–H and O–H groups in total. The molecular weight excluding hydrogens is 110 g/mol. The Balaban J connectivity index is 2.66. The maximum atomic E-state index is 3.57. The van der Waals surface area contributed by atoms with Gasteiger partial charge in [-0.05, 0) is 0 Å². The topological polar surface area (TPSA) is 0 Å². The first-order valence-electron chi connectivity index (χ1n) is 1.64. The van der Waals surface area contributed by atoms with Crippen molar-refractivity contribution in [2.75, 3.05) is 0 Å². The van der Waals surface area contributed by atoms with Gasteiger partial charge in [-0.25, -0.2) is 0 Å². The van der Waals surface area contributed by atoms with Crippen molar-refractivity contribution in [3.63, 3.8) is 0 Å². The van der Waals surface area contributed by atoms with Crippen molar-refractivity contribution in [2.24, 2.45) is 0 Å². The van der Waals surface area contributed by atoms with Crippen molar-refractivity contribution >= 4 is 16.5 Å². The minimum absolute atomic E-state index is 0.889. The fraction of sp³-hybridized carbons (Fsp3) is 0. The van der Waals surface area contributed by atoms with Gasteiger partial charge in [-0.3, -0.25) is 0 Å². The molecule has 0 radical (unpaired) electrons. The zero-order valence-corrected chi connectivity index (χ0v) is 5.57. The highest BCUT2D eigenvalue weighted by Crippen LogP contribution is 2.37. The maximum Gasteiger partial charge on any atom is -0.0661 e. The van der Waals surface area contributed by atoms with Crippen molar-refractivity contribution in [2.45, 2.75) is 0 Å². The summed E-state index contributed by atoms with van der Waals surface area (Å²) in [6, 6.07) is 0. The predicted molar refractivity (Wildman–Crippen MR) is 37.0 cm³/mol. The van der Waals surface area contributed by atoms with Crippen LogP contribution in [0.4, 0.5) is 0 Å². The molecule has 2 unspecified atom stereocenters. The van der Waals surface area contributed by atoms with Crippen LogP contribution in [-0.2, 0) is 0 Å². The molecule has 0 aromatic rings. The van der Waals surface area contributed by atoms with Gasteiger partial charge in [0.15, 0.2) is 0 Å². The molecule has 0 saturated heterocycles. The molecule has 2 atom stereocenters. The van der Waals surface area contributed by atoms with Crippen LogP contribution < -0.4 is 0 Å². The molecule has 0 bridgehead atoms. The smallest absolute Gasteiger partial charge is 0.0661 e. The molecule has 0 rings (SSSR count). The predicted octanol–water partition coefficient (Wildman–Crippen LogP) is 2.55. The van der Waals surface area contributed by atoms with Gasteiger partial charge in [0.2, 0.25) is 0 Å². The molecule has 0 aromatic heterocycles. The second-order valence-electron chi connectivity index (χ2n) is 0.697. The third-order valence-corrected chi connectivity index (χ3v) is 2.59. The van der Waals surface area contributed by atoms with E-state index in [9.17, 15) is 0 Å². The number of rotatable bonds is 3. The maximum absolute atomic E-state index is 3.57. The first kappa shape index (κ1) is 6.34. The van der Waals surface area contributed by atoms with Crippen LogP contribution in [0.1, 0.15) is 0 Å². The molecule has 0 aliphatic heterocycles. The van der Waals surface area contributed by atoms with Crippen molar-refractivity contribution in [1.82, 2.24) is 0 Å². The molecule has 0 saturated carbocycles. The monoisotopic (exact) mass is 118 g/mol. The van der Waals surface area contributed by atoms with Crippen LogP contribution in [0.15, 0.2) is 24.8 Å². The van der Waals surface area contributed by atoms with Gasteiger partial charge in [0.25, 0.3) is 0 Å². The SMILES string of the molecule is C=CPPC=C. The van der Waals surface area contributed by atoms with Gasteiger partial charge in [0, 0.05) is 0 Å². The van der Waals surface area contributed by atoms with E-state index in [0.29, 0.717) is 0 Å². The highest BCUT2D eigenvalue weighted by atomic mass is 32.0. The standard InChI is InChI=1S/C4H8P2/c1-3-5-6-4-2/h3-6H,1-2H2. The van der Waals surface area contributed by atoms with Crippen LogP contribution in [0.2, 0.25) is 0 Å². The summed E-state index contributed by atoms with van der Waals surface area (Å²) in [6.07, 6.45) is 0. The lowest BCUT2D eigenvalue weighted by Gasteiger charge is -1.78. The average molecular weight is 118 g/mol. The number of hydrogen-bond acceptors (Lipinski definition) is 0. The van der Waals surface area contributed by atoms with Crippen molar-refractivity contribution in [1.29, 1.82) is 0 Å². The van der Waals surface area contributed by atoms with Gasteiger partial charge in [0.05, 0.1) is 0 Å². The van der Waals surface area contributed by atoms with Crippen molar-refractivity contribution in [3.05, 3.63) is 24.8 Å². The first-order chi connectivity index (χ1) is 2.91.